The van der Waals surface area contributed by atoms with Crippen molar-refractivity contribution in [2.45, 2.75) is 0 Å². The molecule has 1 aromatic heterocycles. The first kappa shape index (κ1) is 12.6. The molecule has 0 saturated carbocycles. The Morgan fingerprint density at radius 1 is 1.17 bits per heavy atom. The van der Waals surface area contributed by atoms with Gasteiger partial charge in [-0.15, -0.1) is 0 Å². The van der Waals surface area contributed by atoms with Gasteiger partial charge in [0.2, 0.25) is 0 Å². The fraction of sp³-hybridized carbons (Fsp3) is 0. The van der Waals surface area contributed by atoms with Crippen LogP contribution in [0.25, 0.3) is 0 Å². The van der Waals surface area contributed by atoms with Gasteiger partial charge in [0.05, 0.1) is 5.56 Å². The van der Waals surface area contributed by atoms with Crippen LogP contribution in [0.1, 0.15) is 10.4 Å². The van der Waals surface area contributed by atoms with Crippen molar-refractivity contribution in [3.63, 3.8) is 0 Å². The molecule has 0 radical (unpaired) electrons. The number of nitrogens with one attached hydrogen (secondary N) is 1. The molecule has 92 valence electrons. The fourth-order valence-corrected chi connectivity index (χ4v) is 1.68. The molecular formula is C12H7BrF2N2O. The molecule has 6 heteroatoms. The fourth-order valence-electron chi connectivity index (χ4n) is 1.31. The average molecular weight is 313 g/mol. The van der Waals surface area contributed by atoms with Gasteiger partial charge in [0.15, 0.2) is 11.6 Å². The Balaban J connectivity index is 2.18. The molecular weight excluding hydrogens is 306 g/mol. The molecule has 2 rings (SSSR count). The Hall–Kier alpha value is -1.82. The third-order valence-electron chi connectivity index (χ3n) is 2.14. The van der Waals surface area contributed by atoms with Gasteiger partial charge in [-0.3, -0.25) is 9.78 Å². The summed E-state index contributed by atoms with van der Waals surface area (Å²) in [4.78, 5) is 15.6. The molecule has 2 aromatic rings. The van der Waals surface area contributed by atoms with E-state index in [2.05, 4.69) is 26.2 Å². The Morgan fingerprint density at radius 2 is 1.94 bits per heavy atom. The summed E-state index contributed by atoms with van der Waals surface area (Å²) >= 11 is 3.18. The van der Waals surface area contributed by atoms with E-state index in [-0.39, 0.29) is 5.69 Å². The summed E-state index contributed by atoms with van der Waals surface area (Å²) in [5, 5.41) is 2.45. The van der Waals surface area contributed by atoms with Crippen LogP contribution in [0.3, 0.4) is 0 Å². The van der Waals surface area contributed by atoms with Gasteiger partial charge in [-0.2, -0.15) is 0 Å². The first-order valence-electron chi connectivity index (χ1n) is 4.93. The van der Waals surface area contributed by atoms with Gasteiger partial charge in [0.25, 0.3) is 5.91 Å². The topological polar surface area (TPSA) is 42.0 Å². The van der Waals surface area contributed by atoms with E-state index < -0.39 is 17.5 Å². The van der Waals surface area contributed by atoms with Crippen molar-refractivity contribution in [3.8, 4) is 0 Å². The van der Waals surface area contributed by atoms with Crippen LogP contribution in [0.15, 0.2) is 41.1 Å². The number of anilines is 1. The number of hydrogen-bond acceptors (Lipinski definition) is 2. The standard InChI is InChI=1S/C12H7BrF2N2O/c13-8-3-7(5-16-6-8)12(18)17-9-1-2-10(14)11(15)4-9/h1-6H,(H,17,18). The predicted molar refractivity (Wildman–Crippen MR) is 66.2 cm³/mol. The summed E-state index contributed by atoms with van der Waals surface area (Å²) in [5.74, 6) is -2.42. The number of hydrogen-bond donors (Lipinski definition) is 1. The van der Waals surface area contributed by atoms with E-state index in [0.717, 1.165) is 12.1 Å². The molecule has 0 unspecified atom stereocenters. The van der Waals surface area contributed by atoms with Gasteiger partial charge in [-0.05, 0) is 34.1 Å². The number of benzene rings is 1. The largest absolute Gasteiger partial charge is 0.322 e. The number of halogens is 3. The SMILES string of the molecule is O=C(Nc1ccc(F)c(F)c1)c1cncc(Br)c1. The lowest BCUT2D eigenvalue weighted by atomic mass is 10.2. The second-order valence-corrected chi connectivity index (χ2v) is 4.39. The Kier molecular flexibility index (Phi) is 3.66. The highest BCUT2D eigenvalue weighted by Gasteiger charge is 2.09. The van der Waals surface area contributed by atoms with Crippen molar-refractivity contribution in [2.75, 3.05) is 5.32 Å². The van der Waals surface area contributed by atoms with Gasteiger partial charge in [-0.25, -0.2) is 8.78 Å². The van der Waals surface area contributed by atoms with Gasteiger partial charge in [0, 0.05) is 28.6 Å². The lowest BCUT2D eigenvalue weighted by Crippen LogP contribution is -2.12. The van der Waals surface area contributed by atoms with Gasteiger partial charge >= 0.3 is 0 Å². The summed E-state index contributed by atoms with van der Waals surface area (Å²) in [7, 11) is 0. The smallest absolute Gasteiger partial charge is 0.257 e. The monoisotopic (exact) mass is 312 g/mol. The van der Waals surface area contributed by atoms with Crippen LogP contribution in [0.2, 0.25) is 0 Å². The quantitative estimate of drug-likeness (QED) is 0.923. The Labute approximate surface area is 110 Å². The van der Waals surface area contributed by atoms with Crippen LogP contribution < -0.4 is 5.32 Å². The van der Waals surface area contributed by atoms with Crippen molar-refractivity contribution in [2.24, 2.45) is 0 Å². The molecule has 0 spiro atoms. The van der Waals surface area contributed by atoms with Gasteiger partial charge in [0.1, 0.15) is 0 Å². The molecule has 0 fully saturated rings. The minimum absolute atomic E-state index is 0.180. The van der Waals surface area contributed by atoms with Crippen molar-refractivity contribution < 1.29 is 13.6 Å². The van der Waals surface area contributed by atoms with E-state index in [1.807, 2.05) is 0 Å². The summed E-state index contributed by atoms with van der Waals surface area (Å²) < 4.78 is 26.3. The average Bonchev–Trinajstić information content (AvgIpc) is 2.34. The highest BCUT2D eigenvalue weighted by Crippen LogP contribution is 2.15. The van der Waals surface area contributed by atoms with E-state index in [1.165, 1.54) is 18.5 Å². The van der Waals surface area contributed by atoms with Gasteiger partial charge in [-0.1, -0.05) is 0 Å². The molecule has 0 atom stereocenters. The summed E-state index contributed by atoms with van der Waals surface area (Å²) in [6.45, 7) is 0. The second kappa shape index (κ2) is 5.22. The minimum Gasteiger partial charge on any atom is -0.322 e. The van der Waals surface area contributed by atoms with Crippen molar-refractivity contribution in [1.82, 2.24) is 4.98 Å². The minimum atomic E-state index is -1.01. The number of carbonyl (C=O) groups is 1. The molecule has 3 nitrogen and oxygen atoms in total. The van der Waals surface area contributed by atoms with E-state index in [1.54, 1.807) is 6.07 Å². The first-order chi connectivity index (χ1) is 8.56. The van der Waals surface area contributed by atoms with Crippen molar-refractivity contribution >= 4 is 27.5 Å². The zero-order valence-corrected chi connectivity index (χ0v) is 10.5. The maximum absolute atomic E-state index is 13.0. The maximum atomic E-state index is 13.0. The third-order valence-corrected chi connectivity index (χ3v) is 2.58. The van der Waals surface area contributed by atoms with E-state index in [4.69, 9.17) is 0 Å². The molecule has 1 aromatic carbocycles. The summed E-state index contributed by atoms with van der Waals surface area (Å²) in [5.41, 5.74) is 0.494. The number of carbonyl (C=O) groups excluding carboxylic acids is 1. The van der Waals surface area contributed by atoms with Gasteiger partial charge < -0.3 is 5.32 Å². The molecule has 1 N–H and O–H groups in total. The predicted octanol–water partition coefficient (Wildman–Crippen LogP) is 3.37. The zero-order valence-electron chi connectivity index (χ0n) is 8.95. The van der Waals surface area contributed by atoms with Crippen LogP contribution in [0.5, 0.6) is 0 Å². The molecule has 0 saturated heterocycles. The Morgan fingerprint density at radius 3 is 2.61 bits per heavy atom. The molecule has 1 heterocycles. The van der Waals surface area contributed by atoms with E-state index >= 15 is 0 Å². The lowest BCUT2D eigenvalue weighted by molar-refractivity contribution is 0.102. The molecule has 0 aliphatic carbocycles. The van der Waals surface area contributed by atoms with Crippen molar-refractivity contribution in [1.29, 1.82) is 0 Å². The maximum Gasteiger partial charge on any atom is 0.257 e. The lowest BCUT2D eigenvalue weighted by Gasteiger charge is -2.05. The second-order valence-electron chi connectivity index (χ2n) is 3.47. The number of amides is 1. The highest BCUT2D eigenvalue weighted by atomic mass is 79.9. The summed E-state index contributed by atoms with van der Waals surface area (Å²) in [6.07, 6.45) is 2.91. The normalized spacial score (nSPS) is 10.2. The number of aromatic nitrogens is 1. The third kappa shape index (κ3) is 2.89. The molecule has 1 amide bonds. The Bertz CT molecular complexity index is 604. The molecule has 0 aliphatic heterocycles. The van der Waals surface area contributed by atoms with Crippen LogP contribution in [0.4, 0.5) is 14.5 Å². The molecule has 18 heavy (non-hydrogen) atoms. The molecule has 0 bridgehead atoms. The number of pyridine rings is 1. The van der Waals surface area contributed by atoms with Crippen LogP contribution in [0, 0.1) is 11.6 Å². The first-order valence-corrected chi connectivity index (χ1v) is 5.72. The number of rotatable bonds is 2. The highest BCUT2D eigenvalue weighted by molar-refractivity contribution is 9.10. The van der Waals surface area contributed by atoms with Crippen molar-refractivity contribution in [3.05, 3.63) is 58.3 Å². The zero-order chi connectivity index (χ0) is 13.1. The van der Waals surface area contributed by atoms with Crippen LogP contribution in [-0.4, -0.2) is 10.9 Å². The van der Waals surface area contributed by atoms with Crippen LogP contribution in [-0.2, 0) is 0 Å². The summed E-state index contributed by atoms with van der Waals surface area (Å²) in [6, 6.07) is 4.71. The van der Waals surface area contributed by atoms with E-state index in [0.29, 0.717) is 10.0 Å². The molecule has 0 aliphatic rings. The van der Waals surface area contributed by atoms with Crippen LogP contribution >= 0.6 is 15.9 Å². The number of nitrogens with zero attached hydrogens (tertiary/aromatic N) is 1. The van der Waals surface area contributed by atoms with E-state index in [9.17, 15) is 13.6 Å².